The van der Waals surface area contributed by atoms with E-state index in [2.05, 4.69) is 15.9 Å². The van der Waals surface area contributed by atoms with Crippen molar-refractivity contribution in [2.75, 3.05) is 35.0 Å². The van der Waals surface area contributed by atoms with Crippen LogP contribution in [0.25, 0.3) is 0 Å². The second-order valence-corrected chi connectivity index (χ2v) is 12.4. The van der Waals surface area contributed by atoms with Crippen molar-refractivity contribution in [2.24, 2.45) is 34.0 Å². The summed E-state index contributed by atoms with van der Waals surface area (Å²) >= 11 is 3.37. The van der Waals surface area contributed by atoms with Gasteiger partial charge in [-0.25, -0.2) is 4.79 Å². The summed E-state index contributed by atoms with van der Waals surface area (Å²) < 4.78 is 27.1. The Balaban J connectivity index is 1.74. The van der Waals surface area contributed by atoms with Gasteiger partial charge in [-0.15, -0.1) is 0 Å². The smallest absolute Gasteiger partial charge is 0.338 e. The SMILES string of the molecule is COC(=O)C1(C(=O)OC)CC[C@@H]2C=C[C@H]3CC(C(=O)OC)(C(=O)OC)CC[C@@H]3[C@]2(COC(=O)c2ccc(Br)cc2)CC1. The molecule has 0 spiro atoms. The molecule has 0 heterocycles. The molecule has 0 aliphatic heterocycles. The first-order valence-corrected chi connectivity index (χ1v) is 14.8. The fraction of sp³-hybridized carbons (Fsp3) is 0.581. The normalized spacial score (nSPS) is 27.2. The van der Waals surface area contributed by atoms with Gasteiger partial charge in [0.15, 0.2) is 10.8 Å². The largest absolute Gasteiger partial charge is 0.468 e. The molecule has 3 aliphatic carbocycles. The van der Waals surface area contributed by atoms with Gasteiger partial charge >= 0.3 is 29.8 Å². The van der Waals surface area contributed by atoms with E-state index in [4.69, 9.17) is 23.7 Å². The lowest BCUT2D eigenvalue weighted by Crippen LogP contribution is -2.54. The Hall–Kier alpha value is -3.21. The van der Waals surface area contributed by atoms with Crippen LogP contribution in [0.4, 0.5) is 0 Å². The lowest BCUT2D eigenvalue weighted by molar-refractivity contribution is -0.177. The molecule has 0 bridgehead atoms. The number of methoxy groups -OCH3 is 4. The lowest BCUT2D eigenvalue weighted by Gasteiger charge is -2.53. The van der Waals surface area contributed by atoms with Crippen LogP contribution in [0.1, 0.15) is 55.3 Å². The first-order chi connectivity index (χ1) is 20.0. The monoisotopic (exact) mass is 648 g/mol. The maximum absolute atomic E-state index is 13.2. The number of halogens is 1. The topological polar surface area (TPSA) is 132 Å². The van der Waals surface area contributed by atoms with Crippen molar-refractivity contribution in [3.63, 3.8) is 0 Å². The molecule has 4 rings (SSSR count). The van der Waals surface area contributed by atoms with Crippen molar-refractivity contribution < 1.29 is 47.7 Å². The van der Waals surface area contributed by atoms with E-state index in [1.54, 1.807) is 24.3 Å². The molecule has 3 aliphatic rings. The zero-order valence-electron chi connectivity index (χ0n) is 24.3. The van der Waals surface area contributed by atoms with Crippen molar-refractivity contribution in [3.8, 4) is 0 Å². The first kappa shape index (κ1) is 31.7. The van der Waals surface area contributed by atoms with Crippen LogP contribution in [0.3, 0.4) is 0 Å². The van der Waals surface area contributed by atoms with E-state index in [1.165, 1.54) is 28.4 Å². The summed E-state index contributed by atoms with van der Waals surface area (Å²) in [6.07, 6.45) is 5.96. The molecular weight excluding hydrogens is 612 g/mol. The van der Waals surface area contributed by atoms with E-state index < -0.39 is 46.1 Å². The van der Waals surface area contributed by atoms with Gasteiger partial charge in [-0.1, -0.05) is 28.1 Å². The van der Waals surface area contributed by atoms with Gasteiger partial charge in [-0.2, -0.15) is 0 Å². The van der Waals surface area contributed by atoms with Crippen LogP contribution >= 0.6 is 15.9 Å². The maximum atomic E-state index is 13.2. The van der Waals surface area contributed by atoms with Crippen LogP contribution < -0.4 is 0 Å². The summed E-state index contributed by atoms with van der Waals surface area (Å²) in [6, 6.07) is 6.84. The number of benzene rings is 1. The molecule has 1 aromatic rings. The third-order valence-electron chi connectivity index (χ3n) is 9.81. The number of allylic oxidation sites excluding steroid dienone is 2. The summed E-state index contributed by atoms with van der Waals surface area (Å²) in [4.78, 5) is 65.3. The van der Waals surface area contributed by atoms with Crippen LogP contribution in [0, 0.1) is 34.0 Å². The molecule has 0 aromatic heterocycles. The Morgan fingerprint density at radius 2 is 1.29 bits per heavy atom. The first-order valence-electron chi connectivity index (χ1n) is 14.0. The molecule has 0 radical (unpaired) electrons. The molecular formula is C31H37BrO10. The molecule has 4 atom stereocenters. The molecule has 0 N–H and O–H groups in total. The third-order valence-corrected chi connectivity index (χ3v) is 10.3. The summed E-state index contributed by atoms with van der Waals surface area (Å²) in [6.45, 7) is 0.0277. The van der Waals surface area contributed by atoms with Gasteiger partial charge in [0.05, 0.1) is 40.6 Å². The Morgan fingerprint density at radius 1 is 0.738 bits per heavy atom. The minimum atomic E-state index is -1.50. The van der Waals surface area contributed by atoms with Crippen LogP contribution in [-0.2, 0) is 42.9 Å². The fourth-order valence-electron chi connectivity index (χ4n) is 7.53. The van der Waals surface area contributed by atoms with Crippen LogP contribution in [0.2, 0.25) is 0 Å². The molecule has 2 saturated carbocycles. The Morgan fingerprint density at radius 3 is 1.86 bits per heavy atom. The van der Waals surface area contributed by atoms with E-state index in [9.17, 15) is 24.0 Å². The number of carbonyl (C=O) groups excluding carboxylic acids is 5. The molecule has 2 fully saturated rings. The molecule has 228 valence electrons. The van der Waals surface area contributed by atoms with E-state index >= 15 is 0 Å². The minimum absolute atomic E-state index is 0.0277. The minimum Gasteiger partial charge on any atom is -0.468 e. The zero-order chi connectivity index (χ0) is 30.7. The van der Waals surface area contributed by atoms with Crippen molar-refractivity contribution in [2.45, 2.75) is 44.9 Å². The number of ether oxygens (including phenoxy) is 5. The second kappa shape index (κ2) is 12.6. The second-order valence-electron chi connectivity index (χ2n) is 11.5. The van der Waals surface area contributed by atoms with Crippen molar-refractivity contribution in [1.82, 2.24) is 0 Å². The van der Waals surface area contributed by atoms with Gasteiger partial charge in [-0.3, -0.25) is 19.2 Å². The summed E-state index contributed by atoms with van der Waals surface area (Å²) in [5.74, 6) is -3.62. The molecule has 42 heavy (non-hydrogen) atoms. The maximum Gasteiger partial charge on any atom is 0.338 e. The Bertz CT molecular complexity index is 1220. The van der Waals surface area contributed by atoms with Crippen molar-refractivity contribution in [1.29, 1.82) is 0 Å². The van der Waals surface area contributed by atoms with Crippen LogP contribution in [-0.4, -0.2) is 64.9 Å². The highest BCUT2D eigenvalue weighted by molar-refractivity contribution is 9.10. The molecule has 0 saturated heterocycles. The van der Waals surface area contributed by atoms with Crippen LogP contribution in [0.15, 0.2) is 40.9 Å². The molecule has 0 unspecified atom stereocenters. The Labute approximate surface area is 253 Å². The van der Waals surface area contributed by atoms with Crippen LogP contribution in [0.5, 0.6) is 0 Å². The van der Waals surface area contributed by atoms with Gasteiger partial charge < -0.3 is 23.7 Å². The average Bonchev–Trinajstić information content (AvgIpc) is 3.20. The number of esters is 5. The Kier molecular flexibility index (Phi) is 9.49. The van der Waals surface area contributed by atoms with Gasteiger partial charge in [-0.05, 0) is 87.0 Å². The van der Waals surface area contributed by atoms with Gasteiger partial charge in [0.25, 0.3) is 0 Å². The average molecular weight is 650 g/mol. The number of hydrogen-bond acceptors (Lipinski definition) is 10. The summed E-state index contributed by atoms with van der Waals surface area (Å²) in [5, 5.41) is 0. The van der Waals surface area contributed by atoms with Gasteiger partial charge in [0.1, 0.15) is 0 Å². The van der Waals surface area contributed by atoms with Crippen molar-refractivity contribution in [3.05, 3.63) is 46.5 Å². The molecule has 0 amide bonds. The van der Waals surface area contributed by atoms with E-state index in [0.29, 0.717) is 24.8 Å². The lowest BCUT2D eigenvalue weighted by atomic mass is 9.51. The number of fused-ring (bicyclic) bond motifs is 3. The van der Waals surface area contributed by atoms with Crippen molar-refractivity contribution >= 4 is 45.8 Å². The highest BCUT2D eigenvalue weighted by Gasteiger charge is 2.62. The zero-order valence-corrected chi connectivity index (χ0v) is 25.9. The summed E-state index contributed by atoms with van der Waals surface area (Å²) in [5.41, 5.74) is -3.25. The van der Waals surface area contributed by atoms with Gasteiger partial charge in [0, 0.05) is 9.89 Å². The van der Waals surface area contributed by atoms with E-state index in [1.807, 2.05) is 12.2 Å². The summed E-state index contributed by atoms with van der Waals surface area (Å²) in [7, 11) is 4.99. The molecule has 1 aromatic carbocycles. The number of carbonyl (C=O) groups is 5. The standard InChI is InChI=1S/C31H37BrO10/c1-38-25(34)29(26(35)39-2)13-11-21-8-5-20-17-30(27(36)40-3,28(37)41-4)14-12-23(20)31(21,16-15-29)18-42-24(33)19-6-9-22(32)10-7-19/h5-10,20-21,23H,11-18H2,1-4H3/t20-,21-,23-,31-/m0/s1. The number of rotatable bonds is 7. The third kappa shape index (κ3) is 5.36. The van der Waals surface area contributed by atoms with E-state index in [0.717, 1.165) is 4.47 Å². The van der Waals surface area contributed by atoms with Gasteiger partial charge in [0.2, 0.25) is 0 Å². The highest BCUT2D eigenvalue weighted by Crippen LogP contribution is 2.61. The molecule has 11 heteroatoms. The number of hydrogen-bond donors (Lipinski definition) is 0. The van der Waals surface area contributed by atoms with E-state index in [-0.39, 0.29) is 50.0 Å². The fourth-order valence-corrected chi connectivity index (χ4v) is 7.80. The quantitative estimate of drug-likeness (QED) is 0.181. The molecule has 10 nitrogen and oxygen atoms in total. The predicted molar refractivity (Wildman–Crippen MR) is 152 cm³/mol. The predicted octanol–water partition coefficient (Wildman–Crippen LogP) is 4.43. The highest BCUT2D eigenvalue weighted by atomic mass is 79.9.